The first-order valence-electron chi connectivity index (χ1n) is 5.13. The van der Waals surface area contributed by atoms with E-state index in [2.05, 4.69) is 11.7 Å². The van der Waals surface area contributed by atoms with Gasteiger partial charge in [-0.1, -0.05) is 19.8 Å². The molecule has 0 aliphatic heterocycles. The average Bonchev–Trinajstić information content (AvgIpc) is 2.21. The number of nitrogens with two attached hydrogens (primary N) is 1. The van der Waals surface area contributed by atoms with Crippen LogP contribution in [0, 0.1) is 0 Å². The van der Waals surface area contributed by atoms with Crippen molar-refractivity contribution in [3.8, 4) is 0 Å². The number of carbonyl (C=O) groups excluding carboxylic acids is 1. The van der Waals surface area contributed by atoms with Crippen molar-refractivity contribution in [2.75, 3.05) is 18.6 Å². The van der Waals surface area contributed by atoms with Gasteiger partial charge in [-0.3, -0.25) is 4.79 Å². The third-order valence-corrected chi connectivity index (χ3v) is 3.07. The van der Waals surface area contributed by atoms with E-state index < -0.39 is 6.04 Å². The second kappa shape index (κ2) is 9.34. The maximum absolute atomic E-state index is 10.9. The summed E-state index contributed by atoms with van der Waals surface area (Å²) in [5, 5.41) is 0. The molecule has 0 amide bonds. The van der Waals surface area contributed by atoms with E-state index in [1.54, 1.807) is 0 Å². The number of rotatable bonds is 8. The van der Waals surface area contributed by atoms with Crippen LogP contribution in [0.1, 0.15) is 32.6 Å². The van der Waals surface area contributed by atoms with Crippen LogP contribution in [0.25, 0.3) is 0 Å². The summed E-state index contributed by atoms with van der Waals surface area (Å²) in [6.07, 6.45) is 4.51. The van der Waals surface area contributed by atoms with Gasteiger partial charge in [0.2, 0.25) is 0 Å². The minimum Gasteiger partial charge on any atom is -0.468 e. The van der Waals surface area contributed by atoms with Gasteiger partial charge >= 0.3 is 5.97 Å². The van der Waals surface area contributed by atoms with E-state index in [-0.39, 0.29) is 5.97 Å². The van der Waals surface area contributed by atoms with E-state index in [1.807, 2.05) is 11.8 Å². The minimum absolute atomic E-state index is 0.306. The van der Waals surface area contributed by atoms with Gasteiger partial charge in [0.1, 0.15) is 6.04 Å². The zero-order valence-corrected chi connectivity index (χ0v) is 9.94. The topological polar surface area (TPSA) is 52.3 Å². The van der Waals surface area contributed by atoms with Crippen LogP contribution in [-0.4, -0.2) is 30.6 Å². The summed E-state index contributed by atoms with van der Waals surface area (Å²) in [6, 6.07) is -0.446. The number of hydrogen-bond acceptors (Lipinski definition) is 4. The summed E-state index contributed by atoms with van der Waals surface area (Å²) in [7, 11) is 1.37. The molecule has 0 radical (unpaired) electrons. The first-order chi connectivity index (χ1) is 6.72. The van der Waals surface area contributed by atoms with Crippen molar-refractivity contribution in [1.82, 2.24) is 0 Å². The number of methoxy groups -OCH3 is 1. The molecular formula is C10H21NO2S. The Morgan fingerprint density at radius 2 is 2.14 bits per heavy atom. The fourth-order valence-electron chi connectivity index (χ4n) is 1.04. The van der Waals surface area contributed by atoms with Crippen LogP contribution in [0.15, 0.2) is 0 Å². The molecule has 0 aromatic rings. The molecule has 3 nitrogen and oxygen atoms in total. The molecule has 0 fully saturated rings. The lowest BCUT2D eigenvalue weighted by Crippen LogP contribution is -2.32. The summed E-state index contributed by atoms with van der Waals surface area (Å²) in [5.41, 5.74) is 5.58. The van der Waals surface area contributed by atoms with Crippen molar-refractivity contribution in [2.24, 2.45) is 5.73 Å². The van der Waals surface area contributed by atoms with Crippen LogP contribution in [0.2, 0.25) is 0 Å². The van der Waals surface area contributed by atoms with Crippen LogP contribution in [-0.2, 0) is 9.53 Å². The molecule has 0 bridgehead atoms. The Labute approximate surface area is 90.8 Å². The van der Waals surface area contributed by atoms with E-state index in [0.717, 1.165) is 5.75 Å². The highest BCUT2D eigenvalue weighted by Gasteiger charge is 2.12. The van der Waals surface area contributed by atoms with E-state index in [0.29, 0.717) is 6.42 Å². The lowest BCUT2D eigenvalue weighted by atomic mass is 10.2. The third-order valence-electron chi connectivity index (χ3n) is 1.97. The minimum atomic E-state index is -0.446. The molecule has 84 valence electrons. The molecule has 4 heteroatoms. The van der Waals surface area contributed by atoms with Crippen LogP contribution in [0.4, 0.5) is 0 Å². The molecule has 0 aliphatic carbocycles. The van der Waals surface area contributed by atoms with Crippen molar-refractivity contribution in [3.63, 3.8) is 0 Å². The molecule has 1 atom stereocenters. The zero-order chi connectivity index (χ0) is 10.8. The van der Waals surface area contributed by atoms with E-state index in [1.165, 1.54) is 32.1 Å². The Hall–Kier alpha value is -0.220. The van der Waals surface area contributed by atoms with Gasteiger partial charge in [-0.15, -0.1) is 0 Å². The van der Waals surface area contributed by atoms with Crippen molar-refractivity contribution in [1.29, 1.82) is 0 Å². The maximum Gasteiger partial charge on any atom is 0.322 e. The van der Waals surface area contributed by atoms with Gasteiger partial charge in [-0.05, 0) is 24.3 Å². The third kappa shape index (κ3) is 7.21. The van der Waals surface area contributed by atoms with Crippen molar-refractivity contribution < 1.29 is 9.53 Å². The van der Waals surface area contributed by atoms with E-state index >= 15 is 0 Å². The fraction of sp³-hybridized carbons (Fsp3) is 0.900. The zero-order valence-electron chi connectivity index (χ0n) is 9.12. The van der Waals surface area contributed by atoms with Crippen LogP contribution < -0.4 is 5.73 Å². The maximum atomic E-state index is 10.9. The van der Waals surface area contributed by atoms with Gasteiger partial charge in [0.25, 0.3) is 0 Å². The second-order valence-corrected chi connectivity index (χ2v) is 4.46. The average molecular weight is 219 g/mol. The predicted octanol–water partition coefficient (Wildman–Crippen LogP) is 1.80. The SMILES string of the molecule is CCCCCSCCC(N)C(=O)OC. The van der Waals surface area contributed by atoms with Crippen molar-refractivity contribution in [3.05, 3.63) is 0 Å². The molecule has 0 saturated heterocycles. The predicted molar refractivity (Wildman–Crippen MR) is 61.5 cm³/mol. The Balaban J connectivity index is 3.23. The summed E-state index contributed by atoms with van der Waals surface area (Å²) in [6.45, 7) is 2.19. The highest BCUT2D eigenvalue weighted by atomic mass is 32.2. The molecule has 0 spiro atoms. The second-order valence-electron chi connectivity index (χ2n) is 3.24. The Kier molecular flexibility index (Phi) is 9.19. The van der Waals surface area contributed by atoms with Gasteiger partial charge in [-0.25, -0.2) is 0 Å². The van der Waals surface area contributed by atoms with Crippen LogP contribution in [0.3, 0.4) is 0 Å². The molecule has 0 rings (SSSR count). The Morgan fingerprint density at radius 1 is 1.43 bits per heavy atom. The Morgan fingerprint density at radius 3 is 2.71 bits per heavy atom. The molecule has 2 N–H and O–H groups in total. The highest BCUT2D eigenvalue weighted by Crippen LogP contribution is 2.08. The van der Waals surface area contributed by atoms with E-state index in [9.17, 15) is 4.79 Å². The Bertz CT molecular complexity index is 153. The van der Waals surface area contributed by atoms with Gasteiger partial charge in [0.15, 0.2) is 0 Å². The van der Waals surface area contributed by atoms with Gasteiger partial charge in [0.05, 0.1) is 7.11 Å². The molecular weight excluding hydrogens is 198 g/mol. The summed E-state index contributed by atoms with van der Waals surface area (Å²) in [5.74, 6) is 1.81. The van der Waals surface area contributed by atoms with Gasteiger partial charge in [0, 0.05) is 0 Å². The molecule has 14 heavy (non-hydrogen) atoms. The van der Waals surface area contributed by atoms with Crippen LogP contribution in [0.5, 0.6) is 0 Å². The number of carbonyl (C=O) groups is 1. The lowest BCUT2D eigenvalue weighted by Gasteiger charge is -2.08. The number of ether oxygens (including phenoxy) is 1. The monoisotopic (exact) mass is 219 g/mol. The van der Waals surface area contributed by atoms with E-state index in [4.69, 9.17) is 5.73 Å². The summed E-state index contributed by atoms with van der Waals surface area (Å²) >= 11 is 1.86. The fourth-order valence-corrected chi connectivity index (χ4v) is 2.07. The molecule has 0 aromatic carbocycles. The first-order valence-corrected chi connectivity index (χ1v) is 6.29. The highest BCUT2D eigenvalue weighted by molar-refractivity contribution is 7.99. The lowest BCUT2D eigenvalue weighted by molar-refractivity contribution is -0.142. The van der Waals surface area contributed by atoms with Crippen molar-refractivity contribution in [2.45, 2.75) is 38.6 Å². The summed E-state index contributed by atoms with van der Waals surface area (Å²) < 4.78 is 4.53. The molecule has 0 aromatic heterocycles. The molecule has 0 heterocycles. The molecule has 0 aliphatic rings. The smallest absolute Gasteiger partial charge is 0.322 e. The standard InChI is InChI=1S/C10H21NO2S/c1-3-4-5-7-14-8-6-9(11)10(12)13-2/h9H,3-8,11H2,1-2H3. The molecule has 0 saturated carbocycles. The number of thioether (sulfide) groups is 1. The number of hydrogen-bond donors (Lipinski definition) is 1. The normalized spacial score (nSPS) is 12.5. The number of unbranched alkanes of at least 4 members (excludes halogenated alkanes) is 2. The quantitative estimate of drug-likeness (QED) is 0.499. The van der Waals surface area contributed by atoms with Crippen LogP contribution >= 0.6 is 11.8 Å². The first kappa shape index (κ1) is 13.8. The largest absolute Gasteiger partial charge is 0.468 e. The summed E-state index contributed by atoms with van der Waals surface area (Å²) in [4.78, 5) is 10.9. The van der Waals surface area contributed by atoms with Gasteiger partial charge in [-0.2, -0.15) is 11.8 Å². The molecule has 1 unspecified atom stereocenters. The van der Waals surface area contributed by atoms with Gasteiger partial charge < -0.3 is 10.5 Å². The number of esters is 1. The van der Waals surface area contributed by atoms with Crippen molar-refractivity contribution >= 4 is 17.7 Å².